The van der Waals surface area contributed by atoms with Crippen LogP contribution in [0.3, 0.4) is 0 Å². The molecule has 0 amide bonds. The highest BCUT2D eigenvalue weighted by molar-refractivity contribution is 6.00. The predicted molar refractivity (Wildman–Crippen MR) is 83.3 cm³/mol. The molecule has 0 saturated carbocycles. The number of nitrogens with two attached hydrogens (primary N) is 1. The zero-order valence-corrected chi connectivity index (χ0v) is 11.3. The molecule has 0 atom stereocenters. The molecule has 0 aliphatic rings. The molecular formula is C18H17N. The molecule has 0 aromatic heterocycles. The van der Waals surface area contributed by atoms with Gasteiger partial charge in [0.2, 0.25) is 0 Å². The Morgan fingerprint density at radius 3 is 2.26 bits per heavy atom. The number of anilines is 1. The van der Waals surface area contributed by atoms with Crippen molar-refractivity contribution in [2.24, 2.45) is 0 Å². The van der Waals surface area contributed by atoms with Gasteiger partial charge in [0.15, 0.2) is 0 Å². The van der Waals surface area contributed by atoms with Gasteiger partial charge in [-0.25, -0.2) is 0 Å². The first-order chi connectivity index (χ1) is 9.16. The first-order valence-electron chi connectivity index (χ1n) is 6.51. The molecular weight excluding hydrogens is 230 g/mol. The van der Waals surface area contributed by atoms with Gasteiger partial charge in [0.25, 0.3) is 0 Å². The van der Waals surface area contributed by atoms with Crippen molar-refractivity contribution in [2.75, 3.05) is 5.73 Å². The van der Waals surface area contributed by atoms with Crippen LogP contribution in [-0.4, -0.2) is 0 Å². The third-order valence-corrected chi connectivity index (χ3v) is 3.64. The second-order valence-corrected chi connectivity index (χ2v) is 5.07. The summed E-state index contributed by atoms with van der Waals surface area (Å²) in [5, 5.41) is 2.56. The van der Waals surface area contributed by atoms with E-state index in [1.54, 1.807) is 0 Å². The lowest BCUT2D eigenvalue weighted by molar-refractivity contribution is 1.46. The summed E-state index contributed by atoms with van der Waals surface area (Å²) < 4.78 is 0. The molecule has 0 unspecified atom stereocenters. The average molecular weight is 247 g/mol. The molecule has 0 heterocycles. The van der Waals surface area contributed by atoms with Gasteiger partial charge in [-0.3, -0.25) is 0 Å². The fraction of sp³-hybridized carbons (Fsp3) is 0.111. The van der Waals surface area contributed by atoms with Gasteiger partial charge >= 0.3 is 0 Å². The molecule has 3 aromatic rings. The largest absolute Gasteiger partial charge is 0.398 e. The Bertz CT molecular complexity index is 757. The van der Waals surface area contributed by atoms with E-state index in [9.17, 15) is 0 Å². The van der Waals surface area contributed by atoms with Crippen molar-refractivity contribution in [3.05, 3.63) is 65.7 Å². The van der Waals surface area contributed by atoms with Gasteiger partial charge in [-0.05, 0) is 47.9 Å². The van der Waals surface area contributed by atoms with Gasteiger partial charge in [0.1, 0.15) is 0 Å². The number of rotatable bonds is 1. The minimum absolute atomic E-state index is 0.833. The summed E-state index contributed by atoms with van der Waals surface area (Å²) in [5.74, 6) is 0. The highest BCUT2D eigenvalue weighted by atomic mass is 14.6. The second kappa shape index (κ2) is 4.43. The smallest absolute Gasteiger partial charge is 0.0394 e. The van der Waals surface area contributed by atoms with E-state index in [2.05, 4.69) is 62.4 Å². The van der Waals surface area contributed by atoms with Crippen LogP contribution < -0.4 is 5.73 Å². The van der Waals surface area contributed by atoms with Gasteiger partial charge in [-0.15, -0.1) is 0 Å². The van der Waals surface area contributed by atoms with E-state index in [-0.39, 0.29) is 0 Å². The number of hydrogen-bond donors (Lipinski definition) is 1. The lowest BCUT2D eigenvalue weighted by Gasteiger charge is -2.12. The molecule has 2 N–H and O–H groups in total. The van der Waals surface area contributed by atoms with E-state index in [0.717, 1.165) is 11.3 Å². The number of fused-ring (bicyclic) bond motifs is 1. The third kappa shape index (κ3) is 1.97. The topological polar surface area (TPSA) is 26.0 Å². The van der Waals surface area contributed by atoms with Crippen molar-refractivity contribution in [3.63, 3.8) is 0 Å². The summed E-state index contributed by atoms with van der Waals surface area (Å²) in [5.41, 5.74) is 11.8. The van der Waals surface area contributed by atoms with E-state index >= 15 is 0 Å². The Morgan fingerprint density at radius 2 is 1.47 bits per heavy atom. The monoisotopic (exact) mass is 247 g/mol. The van der Waals surface area contributed by atoms with Crippen LogP contribution in [0.15, 0.2) is 54.6 Å². The zero-order chi connectivity index (χ0) is 13.4. The van der Waals surface area contributed by atoms with Crippen LogP contribution >= 0.6 is 0 Å². The van der Waals surface area contributed by atoms with Crippen LogP contribution in [0.2, 0.25) is 0 Å². The highest BCUT2D eigenvalue weighted by Crippen LogP contribution is 2.34. The Kier molecular flexibility index (Phi) is 2.75. The standard InChI is InChI=1S/C18H17N/c1-12-7-10-18(19)17(11-12)16-9-8-13(2)14-5-3-4-6-15(14)16/h3-11H,19H2,1-2H3. The first kappa shape index (κ1) is 11.8. The van der Waals surface area contributed by atoms with E-state index in [0.29, 0.717) is 0 Å². The molecule has 1 heteroatoms. The van der Waals surface area contributed by atoms with Gasteiger partial charge in [0, 0.05) is 11.3 Å². The molecule has 0 bridgehead atoms. The molecule has 0 aliphatic carbocycles. The van der Waals surface area contributed by atoms with Crippen molar-refractivity contribution in [1.82, 2.24) is 0 Å². The molecule has 1 nitrogen and oxygen atoms in total. The Labute approximate surface area is 113 Å². The fourth-order valence-electron chi connectivity index (χ4n) is 2.59. The summed E-state index contributed by atoms with van der Waals surface area (Å²) in [4.78, 5) is 0. The maximum Gasteiger partial charge on any atom is 0.0394 e. The summed E-state index contributed by atoms with van der Waals surface area (Å²) in [6, 6.07) is 19.0. The van der Waals surface area contributed by atoms with Gasteiger partial charge in [0.05, 0.1) is 0 Å². The van der Waals surface area contributed by atoms with E-state index in [1.807, 2.05) is 6.07 Å². The molecule has 94 valence electrons. The molecule has 0 aliphatic heterocycles. The van der Waals surface area contributed by atoms with Crippen molar-refractivity contribution < 1.29 is 0 Å². The van der Waals surface area contributed by atoms with Gasteiger partial charge in [-0.1, -0.05) is 48.0 Å². The number of aryl methyl sites for hydroxylation is 2. The normalized spacial score (nSPS) is 10.8. The Balaban J connectivity index is 2.37. The Morgan fingerprint density at radius 1 is 0.737 bits per heavy atom. The first-order valence-corrected chi connectivity index (χ1v) is 6.51. The van der Waals surface area contributed by atoms with Crippen LogP contribution in [0.5, 0.6) is 0 Å². The van der Waals surface area contributed by atoms with Crippen molar-refractivity contribution in [1.29, 1.82) is 0 Å². The second-order valence-electron chi connectivity index (χ2n) is 5.07. The average Bonchev–Trinajstić information content (AvgIpc) is 2.43. The fourth-order valence-corrected chi connectivity index (χ4v) is 2.59. The molecule has 0 fully saturated rings. The predicted octanol–water partition coefficient (Wildman–Crippen LogP) is 4.71. The van der Waals surface area contributed by atoms with Gasteiger partial charge in [-0.2, -0.15) is 0 Å². The number of nitrogen functional groups attached to an aromatic ring is 1. The Hall–Kier alpha value is -2.28. The minimum Gasteiger partial charge on any atom is -0.398 e. The van der Waals surface area contributed by atoms with E-state index < -0.39 is 0 Å². The van der Waals surface area contributed by atoms with E-state index in [4.69, 9.17) is 5.73 Å². The van der Waals surface area contributed by atoms with E-state index in [1.165, 1.54) is 27.5 Å². The highest BCUT2D eigenvalue weighted by Gasteiger charge is 2.08. The van der Waals surface area contributed by atoms with Crippen LogP contribution in [-0.2, 0) is 0 Å². The number of benzene rings is 3. The molecule has 0 saturated heterocycles. The van der Waals surface area contributed by atoms with Crippen molar-refractivity contribution in [3.8, 4) is 11.1 Å². The number of hydrogen-bond acceptors (Lipinski definition) is 1. The molecule has 3 rings (SSSR count). The molecule has 0 spiro atoms. The summed E-state index contributed by atoms with van der Waals surface area (Å²) in [6.07, 6.45) is 0. The SMILES string of the molecule is Cc1ccc(N)c(-c2ccc(C)c3ccccc23)c1. The maximum atomic E-state index is 6.15. The minimum atomic E-state index is 0.833. The van der Waals surface area contributed by atoms with Crippen molar-refractivity contribution in [2.45, 2.75) is 13.8 Å². The zero-order valence-electron chi connectivity index (χ0n) is 11.3. The summed E-state index contributed by atoms with van der Waals surface area (Å²) >= 11 is 0. The molecule has 0 radical (unpaired) electrons. The van der Waals surface area contributed by atoms with Crippen LogP contribution in [0.4, 0.5) is 5.69 Å². The van der Waals surface area contributed by atoms with Crippen LogP contribution in [0.25, 0.3) is 21.9 Å². The maximum absolute atomic E-state index is 6.15. The lowest BCUT2D eigenvalue weighted by atomic mass is 9.94. The lowest BCUT2D eigenvalue weighted by Crippen LogP contribution is -1.92. The summed E-state index contributed by atoms with van der Waals surface area (Å²) in [6.45, 7) is 4.24. The van der Waals surface area contributed by atoms with Gasteiger partial charge < -0.3 is 5.73 Å². The molecule has 19 heavy (non-hydrogen) atoms. The van der Waals surface area contributed by atoms with Crippen LogP contribution in [0, 0.1) is 13.8 Å². The van der Waals surface area contributed by atoms with Crippen molar-refractivity contribution >= 4 is 16.5 Å². The summed E-state index contributed by atoms with van der Waals surface area (Å²) in [7, 11) is 0. The van der Waals surface area contributed by atoms with Crippen LogP contribution in [0.1, 0.15) is 11.1 Å². The third-order valence-electron chi connectivity index (χ3n) is 3.64. The molecule has 3 aromatic carbocycles. The quantitative estimate of drug-likeness (QED) is 0.619.